The number of hydrogen-bond donors (Lipinski definition) is 0. The van der Waals surface area contributed by atoms with Gasteiger partial charge in [-0.2, -0.15) is 0 Å². The first kappa shape index (κ1) is 14.1. The highest BCUT2D eigenvalue weighted by Gasteiger charge is 2.37. The van der Waals surface area contributed by atoms with Crippen molar-refractivity contribution >= 4 is 6.29 Å². The molecule has 2 aliphatic rings. The van der Waals surface area contributed by atoms with Crippen LogP contribution in [0.1, 0.15) is 46.5 Å². The van der Waals surface area contributed by atoms with Crippen LogP contribution in [0.3, 0.4) is 0 Å². The minimum absolute atomic E-state index is 0.145. The average Bonchev–Trinajstić information content (AvgIpc) is 2.64. The van der Waals surface area contributed by atoms with Gasteiger partial charge < -0.3 is 4.74 Å². The van der Waals surface area contributed by atoms with E-state index in [0.717, 1.165) is 37.7 Å². The molecule has 1 heterocycles. The standard InChI is InChI=1S/C17H24O2/c1-12-5-4-6-13(2)11-17-15(8-7-12)14(3)16(19-17)9-10-18/h5,9-11,14-15,17H,4,6-8H2,1-3H3/b12-5+,13-11+,16-9-/t14-,15-,17-/m1/s1. The average molecular weight is 260 g/mol. The molecule has 0 unspecified atom stereocenters. The van der Waals surface area contributed by atoms with Crippen molar-refractivity contribution in [2.75, 3.05) is 0 Å². The molecule has 1 aliphatic carbocycles. The lowest BCUT2D eigenvalue weighted by atomic mass is 9.84. The number of carbonyl (C=O) groups excluding carboxylic acids is 1. The second kappa shape index (κ2) is 6.23. The van der Waals surface area contributed by atoms with Crippen LogP contribution in [0.4, 0.5) is 0 Å². The van der Waals surface area contributed by atoms with Gasteiger partial charge in [-0.3, -0.25) is 4.79 Å². The summed E-state index contributed by atoms with van der Waals surface area (Å²) in [5.41, 5.74) is 2.87. The third-order valence-corrected chi connectivity index (χ3v) is 4.37. The third kappa shape index (κ3) is 3.37. The highest BCUT2D eigenvalue weighted by atomic mass is 16.5. The van der Waals surface area contributed by atoms with Crippen molar-refractivity contribution in [1.29, 1.82) is 0 Å². The minimum Gasteiger partial charge on any atom is -0.490 e. The van der Waals surface area contributed by atoms with E-state index >= 15 is 0 Å². The quantitative estimate of drug-likeness (QED) is 0.401. The summed E-state index contributed by atoms with van der Waals surface area (Å²) in [6, 6.07) is 0. The van der Waals surface area contributed by atoms with Gasteiger partial charge in [0, 0.05) is 17.9 Å². The summed E-state index contributed by atoms with van der Waals surface area (Å²) < 4.78 is 5.99. The fraction of sp³-hybridized carbons (Fsp3) is 0.588. The van der Waals surface area contributed by atoms with E-state index in [4.69, 9.17) is 4.74 Å². The van der Waals surface area contributed by atoms with Crippen LogP contribution in [-0.4, -0.2) is 12.4 Å². The molecule has 0 bridgehead atoms. The Morgan fingerprint density at radius 1 is 1.26 bits per heavy atom. The molecule has 0 saturated carbocycles. The molecule has 0 spiro atoms. The van der Waals surface area contributed by atoms with E-state index in [-0.39, 0.29) is 6.10 Å². The van der Waals surface area contributed by atoms with Gasteiger partial charge in [0.15, 0.2) is 0 Å². The van der Waals surface area contributed by atoms with E-state index in [1.165, 1.54) is 11.1 Å². The van der Waals surface area contributed by atoms with Gasteiger partial charge in [0.2, 0.25) is 0 Å². The Kier molecular flexibility index (Phi) is 4.62. The molecule has 0 amide bonds. The van der Waals surface area contributed by atoms with Crippen LogP contribution in [0.5, 0.6) is 0 Å². The van der Waals surface area contributed by atoms with Crippen LogP contribution in [0, 0.1) is 11.8 Å². The maximum absolute atomic E-state index is 10.7. The van der Waals surface area contributed by atoms with E-state index in [2.05, 4.69) is 32.9 Å². The second-order valence-electron chi connectivity index (χ2n) is 5.88. The van der Waals surface area contributed by atoms with Gasteiger partial charge >= 0.3 is 0 Å². The summed E-state index contributed by atoms with van der Waals surface area (Å²) in [4.78, 5) is 10.7. The molecule has 0 aromatic carbocycles. The van der Waals surface area contributed by atoms with E-state index in [1.54, 1.807) is 6.08 Å². The van der Waals surface area contributed by atoms with Crippen molar-refractivity contribution in [3.63, 3.8) is 0 Å². The molecule has 0 radical (unpaired) electrons. The van der Waals surface area contributed by atoms with Crippen molar-refractivity contribution in [3.8, 4) is 0 Å². The molecule has 0 N–H and O–H groups in total. The SMILES string of the molecule is C/C1=C\[C@H]2O/C(=C\C=O)[C@H](C)[C@H]2CC/C(C)=C/CC1. The van der Waals surface area contributed by atoms with Gasteiger partial charge in [0.25, 0.3) is 0 Å². The van der Waals surface area contributed by atoms with Crippen molar-refractivity contribution in [1.82, 2.24) is 0 Å². The Hall–Kier alpha value is -1.31. The fourth-order valence-corrected chi connectivity index (χ4v) is 3.08. The lowest BCUT2D eigenvalue weighted by molar-refractivity contribution is -0.104. The Balaban J connectivity index is 2.24. The summed E-state index contributed by atoms with van der Waals surface area (Å²) in [5, 5.41) is 0. The Bertz CT molecular complexity index is 429. The van der Waals surface area contributed by atoms with Crippen LogP contribution >= 0.6 is 0 Å². The number of allylic oxidation sites excluding steroid dienone is 5. The zero-order valence-corrected chi connectivity index (χ0v) is 12.2. The van der Waals surface area contributed by atoms with Gasteiger partial charge in [-0.15, -0.1) is 0 Å². The van der Waals surface area contributed by atoms with E-state index in [9.17, 15) is 4.79 Å². The lowest BCUT2D eigenvalue weighted by Crippen LogP contribution is -2.18. The molecule has 2 rings (SSSR count). The minimum atomic E-state index is 0.145. The van der Waals surface area contributed by atoms with Gasteiger partial charge in [-0.25, -0.2) is 0 Å². The fourth-order valence-electron chi connectivity index (χ4n) is 3.08. The summed E-state index contributed by atoms with van der Waals surface area (Å²) in [6.07, 6.45) is 11.7. The summed E-state index contributed by atoms with van der Waals surface area (Å²) in [5.74, 6) is 1.68. The predicted molar refractivity (Wildman–Crippen MR) is 77.7 cm³/mol. The molecule has 19 heavy (non-hydrogen) atoms. The molecular formula is C17H24O2. The molecule has 1 aliphatic heterocycles. The number of aldehydes is 1. The van der Waals surface area contributed by atoms with E-state index in [1.807, 2.05) is 0 Å². The van der Waals surface area contributed by atoms with Gasteiger partial charge in [-0.1, -0.05) is 24.1 Å². The normalized spacial score (nSPS) is 39.5. The molecule has 2 nitrogen and oxygen atoms in total. The first-order valence-corrected chi connectivity index (χ1v) is 7.26. The molecule has 0 aromatic heterocycles. The highest BCUT2D eigenvalue weighted by Crippen LogP contribution is 2.40. The van der Waals surface area contributed by atoms with Crippen molar-refractivity contribution in [2.24, 2.45) is 11.8 Å². The summed E-state index contributed by atoms with van der Waals surface area (Å²) in [6.45, 7) is 6.57. The maximum atomic E-state index is 10.7. The van der Waals surface area contributed by atoms with Gasteiger partial charge in [0.1, 0.15) is 18.1 Å². The maximum Gasteiger partial charge on any atom is 0.146 e. The highest BCUT2D eigenvalue weighted by molar-refractivity contribution is 5.65. The van der Waals surface area contributed by atoms with Crippen LogP contribution in [0.2, 0.25) is 0 Å². The smallest absolute Gasteiger partial charge is 0.146 e. The third-order valence-electron chi connectivity index (χ3n) is 4.37. The van der Waals surface area contributed by atoms with Crippen LogP contribution in [-0.2, 0) is 9.53 Å². The predicted octanol–water partition coefficient (Wildman–Crippen LogP) is 4.19. The Morgan fingerprint density at radius 3 is 2.79 bits per heavy atom. The topological polar surface area (TPSA) is 26.3 Å². The van der Waals surface area contributed by atoms with Crippen LogP contribution < -0.4 is 0 Å². The largest absolute Gasteiger partial charge is 0.490 e. The number of hydrogen-bond acceptors (Lipinski definition) is 2. The monoisotopic (exact) mass is 260 g/mol. The number of fused-ring (bicyclic) bond motifs is 1. The zero-order valence-electron chi connectivity index (χ0n) is 12.2. The van der Waals surface area contributed by atoms with Crippen molar-refractivity contribution < 1.29 is 9.53 Å². The van der Waals surface area contributed by atoms with Crippen LogP contribution in [0.15, 0.2) is 35.1 Å². The first-order valence-electron chi connectivity index (χ1n) is 7.26. The van der Waals surface area contributed by atoms with E-state index < -0.39 is 0 Å². The van der Waals surface area contributed by atoms with Crippen molar-refractivity contribution in [3.05, 3.63) is 35.1 Å². The van der Waals surface area contributed by atoms with Crippen LogP contribution in [0.25, 0.3) is 0 Å². The molecule has 1 fully saturated rings. The second-order valence-corrected chi connectivity index (χ2v) is 5.88. The first-order chi connectivity index (χ1) is 9.11. The summed E-state index contributed by atoms with van der Waals surface area (Å²) in [7, 11) is 0. The number of ether oxygens (including phenoxy) is 1. The Morgan fingerprint density at radius 2 is 2.05 bits per heavy atom. The zero-order chi connectivity index (χ0) is 13.8. The molecule has 1 saturated heterocycles. The molecule has 2 heteroatoms. The Labute approximate surface area is 116 Å². The number of rotatable bonds is 1. The molecular weight excluding hydrogens is 236 g/mol. The van der Waals surface area contributed by atoms with Crippen molar-refractivity contribution in [2.45, 2.75) is 52.6 Å². The van der Waals surface area contributed by atoms with Gasteiger partial charge in [0.05, 0.1) is 0 Å². The van der Waals surface area contributed by atoms with E-state index in [0.29, 0.717) is 11.8 Å². The van der Waals surface area contributed by atoms with Gasteiger partial charge in [-0.05, 0) is 45.6 Å². The number of carbonyl (C=O) groups is 1. The lowest BCUT2D eigenvalue weighted by Gasteiger charge is -2.19. The molecule has 3 atom stereocenters. The molecule has 0 aromatic rings. The molecule has 104 valence electrons. The summed E-state index contributed by atoms with van der Waals surface area (Å²) >= 11 is 0.